The van der Waals surface area contributed by atoms with E-state index < -0.39 is 0 Å². The Bertz CT molecular complexity index is 1160. The molecule has 17 atom stereocenters. The number of rotatable bonds is 7. The van der Waals surface area contributed by atoms with Crippen LogP contribution in [0.1, 0.15) is 142 Å². The second kappa shape index (κ2) is 15.5. The molecule has 5 aliphatic heterocycles. The van der Waals surface area contributed by atoms with Gasteiger partial charge in [0.05, 0.1) is 49.3 Å². The van der Waals surface area contributed by atoms with Crippen molar-refractivity contribution in [2.45, 2.75) is 197 Å². The topological polar surface area (TPSA) is 123 Å². The second-order valence-electron chi connectivity index (χ2n) is 18.4. The Morgan fingerprint density at radius 3 is 1.22 bits per heavy atom. The molecule has 50 heavy (non-hydrogen) atoms. The number of hydrogen-bond acceptors (Lipinski definition) is 10. The lowest BCUT2D eigenvalue weighted by atomic mass is 9.75. The first-order chi connectivity index (χ1) is 24.6. The largest absolute Gasteiger partial charge is 0.462 e. The number of esters is 1. The van der Waals surface area contributed by atoms with E-state index >= 15 is 0 Å². The SMILES string of the molecule is CCCCCCCC(=O)OC1CCCC2C3NC4NC(NC5NC(NC6NC(NC(N3)C12)C1CCCCC61)C1CCCCC51)C1CCCCC41. The van der Waals surface area contributed by atoms with Crippen LogP contribution in [0.15, 0.2) is 0 Å². The van der Waals surface area contributed by atoms with Crippen molar-refractivity contribution in [3.63, 3.8) is 0 Å². The fourth-order valence-corrected chi connectivity index (χ4v) is 13.2. The Hall–Kier alpha value is -0.850. The van der Waals surface area contributed by atoms with E-state index in [0.29, 0.717) is 78.7 Å². The van der Waals surface area contributed by atoms with Gasteiger partial charge < -0.3 is 4.74 Å². The van der Waals surface area contributed by atoms with Crippen LogP contribution in [-0.2, 0) is 9.53 Å². The zero-order valence-corrected chi connectivity index (χ0v) is 31.0. The molecule has 4 aliphatic carbocycles. The summed E-state index contributed by atoms with van der Waals surface area (Å²) in [6.45, 7) is 2.25. The quantitative estimate of drug-likeness (QED) is 0.143. The molecule has 8 N–H and O–H groups in total. The van der Waals surface area contributed by atoms with Gasteiger partial charge in [-0.25, -0.2) is 0 Å². The molecule has 5 heterocycles. The zero-order chi connectivity index (χ0) is 33.6. The monoisotopic (exact) mass is 695 g/mol. The molecule has 0 aromatic rings. The lowest BCUT2D eigenvalue weighted by molar-refractivity contribution is -0.155. The Balaban J connectivity index is 0.995. The highest BCUT2D eigenvalue weighted by Gasteiger charge is 2.56. The van der Waals surface area contributed by atoms with Crippen molar-refractivity contribution in [3.8, 4) is 0 Å². The molecule has 0 spiro atoms. The van der Waals surface area contributed by atoms with Crippen LogP contribution in [-0.4, -0.2) is 61.4 Å². The molecule has 5 saturated heterocycles. The van der Waals surface area contributed by atoms with Crippen molar-refractivity contribution in [2.24, 2.45) is 47.3 Å². The fourth-order valence-electron chi connectivity index (χ4n) is 13.2. The molecule has 0 radical (unpaired) electrons. The average Bonchev–Trinajstić information content (AvgIpc) is 3.87. The molecular weight excluding hydrogens is 624 g/mol. The van der Waals surface area contributed by atoms with Crippen molar-refractivity contribution in [1.82, 2.24) is 42.5 Å². The normalized spacial score (nSPS) is 49.8. The smallest absolute Gasteiger partial charge is 0.306 e. The number of fused-ring (bicyclic) bond motifs is 20. The molecule has 282 valence electrons. The van der Waals surface area contributed by atoms with E-state index in [1.54, 1.807) is 0 Å². The summed E-state index contributed by atoms with van der Waals surface area (Å²) >= 11 is 0. The van der Waals surface area contributed by atoms with Gasteiger partial charge in [-0.05, 0) is 106 Å². The molecule has 0 aromatic heterocycles. The predicted octanol–water partition coefficient (Wildman–Crippen LogP) is 4.49. The Morgan fingerprint density at radius 1 is 0.440 bits per heavy atom. The van der Waals surface area contributed by atoms with Crippen molar-refractivity contribution in [1.29, 1.82) is 0 Å². The highest BCUT2D eigenvalue weighted by Crippen LogP contribution is 2.46. The summed E-state index contributed by atoms with van der Waals surface area (Å²) in [5.41, 5.74) is 0. The number of hydrogen-bond donors (Lipinski definition) is 8. The summed E-state index contributed by atoms with van der Waals surface area (Å²) in [4.78, 5) is 13.3. The molecule has 9 aliphatic rings. The van der Waals surface area contributed by atoms with Gasteiger partial charge in [0.25, 0.3) is 0 Å². The standard InChI is InChI=1S/C40H70N8O2/c1-2-3-4-5-6-22-31(49)50-30-21-13-20-29-32(30)40-47-38-28-19-12-11-18-27(28)36(45-38)43-34-24-15-8-7-14-23(24)33(41-34)42-35-25-16-9-10-17-26(25)37(44-35)46-39(29)48-40/h23-30,32-48H,2-22H2,1H3. The van der Waals surface area contributed by atoms with E-state index in [9.17, 15) is 4.79 Å². The van der Waals surface area contributed by atoms with E-state index in [0.717, 1.165) is 25.7 Å². The minimum atomic E-state index is -0.0233. The lowest BCUT2D eigenvalue weighted by Gasteiger charge is -2.39. The number of carbonyl (C=O) groups excluding carboxylic acids is 1. The molecule has 10 heteroatoms. The van der Waals surface area contributed by atoms with Gasteiger partial charge in [0, 0.05) is 12.3 Å². The van der Waals surface area contributed by atoms with Gasteiger partial charge >= 0.3 is 5.97 Å². The van der Waals surface area contributed by atoms with Crippen LogP contribution in [0.2, 0.25) is 0 Å². The molecule has 9 fully saturated rings. The number of unbranched alkanes of at least 4 members (excludes halogenated alkanes) is 4. The summed E-state index contributed by atoms with van der Waals surface area (Å²) < 4.78 is 6.49. The lowest BCUT2D eigenvalue weighted by Crippen LogP contribution is -2.62. The summed E-state index contributed by atoms with van der Waals surface area (Å²) in [6, 6.07) is 0. The maximum atomic E-state index is 13.3. The highest BCUT2D eigenvalue weighted by atomic mass is 16.5. The molecule has 17 unspecified atom stereocenters. The van der Waals surface area contributed by atoms with Crippen molar-refractivity contribution >= 4 is 5.97 Å². The third-order valence-electron chi connectivity index (χ3n) is 15.6. The summed E-state index contributed by atoms with van der Waals surface area (Å²) in [6.07, 6.45) is 27.9. The van der Waals surface area contributed by atoms with Gasteiger partial charge in [0.2, 0.25) is 0 Å². The molecule has 9 rings (SSSR count). The average molecular weight is 695 g/mol. The third kappa shape index (κ3) is 6.84. The first-order valence-electron chi connectivity index (χ1n) is 21.9. The summed E-state index contributed by atoms with van der Waals surface area (Å²) in [7, 11) is 0. The van der Waals surface area contributed by atoms with Crippen LogP contribution in [0, 0.1) is 47.3 Å². The van der Waals surface area contributed by atoms with E-state index in [1.165, 1.54) is 103 Å². The van der Waals surface area contributed by atoms with Crippen LogP contribution in [0.5, 0.6) is 0 Å². The highest BCUT2D eigenvalue weighted by molar-refractivity contribution is 5.69. The van der Waals surface area contributed by atoms with Crippen LogP contribution < -0.4 is 42.5 Å². The Morgan fingerprint density at radius 2 is 0.800 bits per heavy atom. The van der Waals surface area contributed by atoms with E-state index in [4.69, 9.17) is 4.74 Å². The van der Waals surface area contributed by atoms with Crippen molar-refractivity contribution in [3.05, 3.63) is 0 Å². The summed E-state index contributed by atoms with van der Waals surface area (Å²) in [5, 5.41) is 33.7. The molecule has 0 amide bonds. The van der Waals surface area contributed by atoms with Gasteiger partial charge in [-0.1, -0.05) is 71.1 Å². The van der Waals surface area contributed by atoms with Crippen LogP contribution >= 0.6 is 0 Å². The van der Waals surface area contributed by atoms with Crippen LogP contribution in [0.3, 0.4) is 0 Å². The Kier molecular flexibility index (Phi) is 10.8. The fraction of sp³-hybridized carbons (Fsp3) is 0.975. The van der Waals surface area contributed by atoms with Crippen LogP contribution in [0.4, 0.5) is 0 Å². The second-order valence-corrected chi connectivity index (χ2v) is 18.4. The number of ether oxygens (including phenoxy) is 1. The third-order valence-corrected chi connectivity index (χ3v) is 15.6. The van der Waals surface area contributed by atoms with E-state index in [2.05, 4.69) is 49.5 Å². The molecule has 8 bridgehead atoms. The minimum Gasteiger partial charge on any atom is -0.462 e. The maximum absolute atomic E-state index is 13.3. The van der Waals surface area contributed by atoms with Gasteiger partial charge in [-0.3, -0.25) is 47.3 Å². The first kappa shape index (κ1) is 34.9. The molecule has 4 saturated carbocycles. The maximum Gasteiger partial charge on any atom is 0.306 e. The van der Waals surface area contributed by atoms with Gasteiger partial charge in [-0.2, -0.15) is 0 Å². The van der Waals surface area contributed by atoms with E-state index in [1.807, 2.05) is 0 Å². The predicted molar refractivity (Wildman–Crippen MR) is 196 cm³/mol. The summed E-state index contributed by atoms with van der Waals surface area (Å²) in [5.74, 6) is 4.70. The molecule has 0 aromatic carbocycles. The van der Waals surface area contributed by atoms with E-state index in [-0.39, 0.29) is 36.5 Å². The van der Waals surface area contributed by atoms with Crippen molar-refractivity contribution < 1.29 is 9.53 Å². The van der Waals surface area contributed by atoms with Crippen LogP contribution in [0.25, 0.3) is 0 Å². The zero-order valence-electron chi connectivity index (χ0n) is 31.0. The Labute approximate surface area is 302 Å². The van der Waals surface area contributed by atoms with Crippen molar-refractivity contribution in [2.75, 3.05) is 0 Å². The minimum absolute atomic E-state index is 0.0233. The number of nitrogens with one attached hydrogen (secondary N) is 8. The van der Waals surface area contributed by atoms with Gasteiger partial charge in [0.15, 0.2) is 0 Å². The van der Waals surface area contributed by atoms with Gasteiger partial charge in [0.1, 0.15) is 6.10 Å². The molecular formula is C40H70N8O2. The van der Waals surface area contributed by atoms with Gasteiger partial charge in [-0.15, -0.1) is 0 Å². The first-order valence-corrected chi connectivity index (χ1v) is 21.9. The number of carbonyl (C=O) groups is 1. The molecule has 10 nitrogen and oxygen atoms in total.